The number of carbonyl (C=O) groups is 1. The third-order valence-electron chi connectivity index (χ3n) is 5.39. The number of amides is 1. The fourth-order valence-electron chi connectivity index (χ4n) is 3.63. The Labute approximate surface area is 176 Å². The summed E-state index contributed by atoms with van der Waals surface area (Å²) in [6.07, 6.45) is -2.18. The van der Waals surface area contributed by atoms with E-state index in [-0.39, 0.29) is 13.2 Å². The van der Waals surface area contributed by atoms with E-state index >= 15 is 0 Å². The molecule has 0 saturated carbocycles. The number of ether oxygens (including phenoxy) is 1. The standard InChI is InChI=1S/C21H22N4O6/c1-11-6-7-12(8-22-11)19(28)23-14-10-31-16(18(27)17(14)26)9-25-15-5-3-2-4-13(15)20(29)24-21(25)30/h2-8,14,16-18,26-27H,9-10H2,1H3,(H,23,28)(H,24,29,30)/t14-,16-,17+,18-/m1/s1. The van der Waals surface area contributed by atoms with Crippen LogP contribution in [0.3, 0.4) is 0 Å². The number of hydrogen-bond acceptors (Lipinski definition) is 7. The Balaban J connectivity index is 1.50. The highest BCUT2D eigenvalue weighted by Crippen LogP contribution is 2.19. The predicted octanol–water partition coefficient (Wildman–Crippen LogP) is -0.688. The summed E-state index contributed by atoms with van der Waals surface area (Å²) in [6, 6.07) is 9.04. The second kappa shape index (κ2) is 8.42. The molecular formula is C21H22N4O6. The number of aryl methyl sites for hydroxylation is 1. The highest BCUT2D eigenvalue weighted by molar-refractivity contribution is 5.94. The van der Waals surface area contributed by atoms with Gasteiger partial charge in [0.25, 0.3) is 11.5 Å². The number of nitrogens with zero attached hydrogens (tertiary/aromatic N) is 2. The van der Waals surface area contributed by atoms with Gasteiger partial charge >= 0.3 is 5.69 Å². The van der Waals surface area contributed by atoms with Crippen LogP contribution in [0.5, 0.6) is 0 Å². The first-order chi connectivity index (χ1) is 14.8. The molecule has 1 saturated heterocycles. The summed E-state index contributed by atoms with van der Waals surface area (Å²) in [5, 5.41) is 24.1. The Hall–Kier alpha value is -3.34. The van der Waals surface area contributed by atoms with Gasteiger partial charge in [0, 0.05) is 11.9 Å². The molecule has 1 aliphatic heterocycles. The van der Waals surface area contributed by atoms with E-state index in [4.69, 9.17) is 4.74 Å². The summed E-state index contributed by atoms with van der Waals surface area (Å²) >= 11 is 0. The number of benzene rings is 1. The van der Waals surface area contributed by atoms with Crippen molar-refractivity contribution in [1.82, 2.24) is 19.9 Å². The molecule has 3 heterocycles. The van der Waals surface area contributed by atoms with Crippen molar-refractivity contribution >= 4 is 16.8 Å². The number of rotatable bonds is 4. The quantitative estimate of drug-likeness (QED) is 0.432. The zero-order valence-corrected chi connectivity index (χ0v) is 16.7. The van der Waals surface area contributed by atoms with Crippen LogP contribution in [0.25, 0.3) is 10.9 Å². The molecule has 10 nitrogen and oxygen atoms in total. The van der Waals surface area contributed by atoms with Gasteiger partial charge in [0.2, 0.25) is 0 Å². The van der Waals surface area contributed by atoms with Gasteiger partial charge in [-0.15, -0.1) is 0 Å². The largest absolute Gasteiger partial charge is 0.388 e. The predicted molar refractivity (Wildman–Crippen MR) is 111 cm³/mol. The van der Waals surface area contributed by atoms with E-state index in [1.54, 1.807) is 43.3 Å². The molecule has 3 aromatic rings. The summed E-state index contributed by atoms with van der Waals surface area (Å²) < 4.78 is 6.96. The number of fused-ring (bicyclic) bond motifs is 1. The lowest BCUT2D eigenvalue weighted by atomic mass is 9.97. The molecule has 0 radical (unpaired) electrons. The van der Waals surface area contributed by atoms with Crippen molar-refractivity contribution in [3.63, 3.8) is 0 Å². The van der Waals surface area contributed by atoms with Crippen LogP contribution in [0.2, 0.25) is 0 Å². The lowest BCUT2D eigenvalue weighted by Crippen LogP contribution is -2.60. The third-order valence-corrected chi connectivity index (χ3v) is 5.39. The third kappa shape index (κ3) is 4.13. The van der Waals surface area contributed by atoms with Gasteiger partial charge in [0.1, 0.15) is 18.3 Å². The van der Waals surface area contributed by atoms with Crippen LogP contribution in [0.4, 0.5) is 0 Å². The van der Waals surface area contributed by atoms with Gasteiger partial charge in [0.05, 0.1) is 35.7 Å². The first-order valence-corrected chi connectivity index (χ1v) is 9.78. The molecule has 31 heavy (non-hydrogen) atoms. The summed E-state index contributed by atoms with van der Waals surface area (Å²) in [6.45, 7) is 1.65. The van der Waals surface area contributed by atoms with Crippen molar-refractivity contribution in [3.05, 3.63) is 74.7 Å². The Kier molecular flexibility index (Phi) is 5.68. The highest BCUT2D eigenvalue weighted by atomic mass is 16.5. The smallest absolute Gasteiger partial charge is 0.328 e. The molecule has 0 bridgehead atoms. The van der Waals surface area contributed by atoms with Gasteiger partial charge in [0.15, 0.2) is 0 Å². The number of H-pyrrole nitrogens is 1. The molecule has 10 heteroatoms. The minimum Gasteiger partial charge on any atom is -0.388 e. The number of hydrogen-bond donors (Lipinski definition) is 4. The molecule has 0 unspecified atom stereocenters. The summed E-state index contributed by atoms with van der Waals surface area (Å²) in [7, 11) is 0. The van der Waals surface area contributed by atoms with Crippen molar-refractivity contribution in [1.29, 1.82) is 0 Å². The molecule has 2 aromatic heterocycles. The van der Waals surface area contributed by atoms with Crippen molar-refractivity contribution in [3.8, 4) is 0 Å². The van der Waals surface area contributed by atoms with Crippen molar-refractivity contribution in [2.45, 2.75) is 37.8 Å². The monoisotopic (exact) mass is 426 g/mol. The average molecular weight is 426 g/mol. The maximum atomic E-state index is 12.4. The molecule has 162 valence electrons. The normalized spacial score (nSPS) is 23.6. The summed E-state index contributed by atoms with van der Waals surface area (Å²) in [4.78, 5) is 43.1. The van der Waals surface area contributed by atoms with Crippen LogP contribution in [0.1, 0.15) is 16.1 Å². The van der Waals surface area contributed by atoms with Crippen LogP contribution in [-0.2, 0) is 11.3 Å². The first kappa shape index (κ1) is 20.9. The van der Waals surface area contributed by atoms with Gasteiger partial charge in [-0.1, -0.05) is 12.1 Å². The number of aliphatic hydroxyl groups excluding tert-OH is 2. The summed E-state index contributed by atoms with van der Waals surface area (Å²) in [5.41, 5.74) is 0.331. The molecule has 1 fully saturated rings. The van der Waals surface area contributed by atoms with E-state index in [9.17, 15) is 24.6 Å². The van der Waals surface area contributed by atoms with Crippen LogP contribution in [0.15, 0.2) is 52.2 Å². The molecule has 1 aliphatic rings. The Bertz CT molecular complexity index is 1220. The molecule has 0 spiro atoms. The Morgan fingerprint density at radius 1 is 1.23 bits per heavy atom. The van der Waals surface area contributed by atoms with Crippen molar-refractivity contribution < 1.29 is 19.7 Å². The van der Waals surface area contributed by atoms with E-state index in [1.165, 1.54) is 10.8 Å². The van der Waals surface area contributed by atoms with Gasteiger partial charge in [-0.3, -0.25) is 24.1 Å². The number of aliphatic hydroxyl groups is 2. The van der Waals surface area contributed by atoms with E-state index in [0.717, 1.165) is 5.69 Å². The molecule has 1 aromatic carbocycles. The zero-order valence-electron chi connectivity index (χ0n) is 16.7. The minimum absolute atomic E-state index is 0.0655. The molecule has 1 amide bonds. The van der Waals surface area contributed by atoms with Gasteiger partial charge in [-0.05, 0) is 31.2 Å². The number of aromatic nitrogens is 3. The van der Waals surface area contributed by atoms with Gasteiger partial charge in [-0.25, -0.2) is 4.79 Å². The fourth-order valence-corrected chi connectivity index (χ4v) is 3.63. The number of para-hydroxylation sites is 1. The molecular weight excluding hydrogens is 404 g/mol. The zero-order chi connectivity index (χ0) is 22.1. The van der Waals surface area contributed by atoms with E-state index in [0.29, 0.717) is 16.5 Å². The van der Waals surface area contributed by atoms with Crippen LogP contribution < -0.4 is 16.6 Å². The fraction of sp³-hybridized carbons (Fsp3) is 0.333. The van der Waals surface area contributed by atoms with Crippen LogP contribution in [0, 0.1) is 6.92 Å². The molecule has 4 N–H and O–H groups in total. The van der Waals surface area contributed by atoms with Gasteiger partial charge < -0.3 is 20.3 Å². The highest BCUT2D eigenvalue weighted by Gasteiger charge is 2.39. The number of pyridine rings is 1. The van der Waals surface area contributed by atoms with Crippen molar-refractivity contribution in [2.75, 3.05) is 6.61 Å². The Morgan fingerprint density at radius 3 is 2.74 bits per heavy atom. The maximum absolute atomic E-state index is 12.4. The van der Waals surface area contributed by atoms with E-state index < -0.39 is 41.5 Å². The number of nitrogens with one attached hydrogen (secondary N) is 2. The minimum atomic E-state index is -1.37. The summed E-state index contributed by atoms with van der Waals surface area (Å²) in [5.74, 6) is -0.450. The van der Waals surface area contributed by atoms with Gasteiger partial charge in [-0.2, -0.15) is 0 Å². The Morgan fingerprint density at radius 2 is 2.00 bits per heavy atom. The van der Waals surface area contributed by atoms with Crippen LogP contribution in [-0.4, -0.2) is 61.6 Å². The lowest BCUT2D eigenvalue weighted by Gasteiger charge is -2.38. The first-order valence-electron chi connectivity index (χ1n) is 9.78. The van der Waals surface area contributed by atoms with E-state index in [1.807, 2.05) is 0 Å². The second-order valence-corrected chi connectivity index (χ2v) is 7.51. The molecule has 0 aliphatic carbocycles. The average Bonchev–Trinajstić information content (AvgIpc) is 2.76. The number of carbonyl (C=O) groups excluding carboxylic acids is 1. The maximum Gasteiger partial charge on any atom is 0.328 e. The topological polar surface area (TPSA) is 147 Å². The number of aromatic amines is 1. The SMILES string of the molecule is Cc1ccc(C(=O)N[C@@H]2CO[C@H](Cn3c(=O)[nH]c(=O)c4ccccc43)[C@@H](O)[C@H]2O)cn1. The van der Waals surface area contributed by atoms with Crippen molar-refractivity contribution in [2.24, 2.45) is 0 Å². The second-order valence-electron chi connectivity index (χ2n) is 7.51. The molecule has 4 rings (SSSR count). The molecule has 4 atom stereocenters. The van der Waals surface area contributed by atoms with Crippen LogP contribution >= 0.6 is 0 Å². The lowest BCUT2D eigenvalue weighted by molar-refractivity contribution is -0.152. The van der Waals surface area contributed by atoms with E-state index in [2.05, 4.69) is 15.3 Å².